The highest BCUT2D eigenvalue weighted by atomic mass is 19.4. The molecule has 0 aromatic heterocycles. The van der Waals surface area contributed by atoms with Crippen molar-refractivity contribution >= 4 is 5.84 Å². The number of halogens is 3. The Morgan fingerprint density at radius 3 is 2.42 bits per heavy atom. The van der Waals surface area contributed by atoms with E-state index >= 15 is 0 Å². The quantitative estimate of drug-likeness (QED) is 0.522. The van der Waals surface area contributed by atoms with Crippen LogP contribution in [0.5, 0.6) is 0 Å². The van der Waals surface area contributed by atoms with Gasteiger partial charge in [-0.3, -0.25) is 4.99 Å². The van der Waals surface area contributed by atoms with Gasteiger partial charge in [0.2, 0.25) is 0 Å². The molecular weight excluding hydrogens is 169 g/mol. The summed E-state index contributed by atoms with van der Waals surface area (Å²) in [5.41, 5.74) is 5.27. The number of nitrogens with zero attached hydrogens (tertiary/aromatic N) is 1. The molecule has 1 fully saturated rings. The molecule has 1 aliphatic carbocycles. The van der Waals surface area contributed by atoms with E-state index in [-0.39, 0.29) is 18.3 Å². The van der Waals surface area contributed by atoms with Crippen LogP contribution < -0.4 is 5.73 Å². The number of alkyl halides is 3. The fraction of sp³-hybridized carbons (Fsp3) is 0.857. The van der Waals surface area contributed by atoms with Crippen LogP contribution in [0.1, 0.15) is 25.7 Å². The maximum Gasteiger partial charge on any atom is 0.389 e. The van der Waals surface area contributed by atoms with Crippen molar-refractivity contribution in [2.75, 3.05) is 0 Å². The summed E-state index contributed by atoms with van der Waals surface area (Å²) in [7, 11) is 0. The molecule has 0 aromatic rings. The van der Waals surface area contributed by atoms with Crippen molar-refractivity contribution in [3.05, 3.63) is 0 Å². The van der Waals surface area contributed by atoms with Gasteiger partial charge in [0.25, 0.3) is 0 Å². The van der Waals surface area contributed by atoms with E-state index in [1.807, 2.05) is 0 Å². The van der Waals surface area contributed by atoms with E-state index in [4.69, 9.17) is 5.73 Å². The molecule has 0 atom stereocenters. The molecule has 1 rings (SSSR count). The molecule has 12 heavy (non-hydrogen) atoms. The minimum Gasteiger partial charge on any atom is -0.387 e. The van der Waals surface area contributed by atoms with E-state index in [2.05, 4.69) is 4.99 Å². The van der Waals surface area contributed by atoms with Gasteiger partial charge in [-0.1, -0.05) is 0 Å². The molecule has 0 amide bonds. The van der Waals surface area contributed by atoms with Crippen LogP contribution in [0.2, 0.25) is 0 Å². The zero-order valence-corrected chi connectivity index (χ0v) is 6.56. The second-order valence-corrected chi connectivity index (χ2v) is 2.97. The molecular formula is C7H11F3N2. The Kier molecular flexibility index (Phi) is 2.59. The fourth-order valence-electron chi connectivity index (χ4n) is 0.773. The first-order valence-corrected chi connectivity index (χ1v) is 3.86. The first-order valence-electron chi connectivity index (χ1n) is 3.86. The molecule has 1 saturated carbocycles. The summed E-state index contributed by atoms with van der Waals surface area (Å²) >= 11 is 0. The Labute approximate surface area is 68.7 Å². The fourth-order valence-corrected chi connectivity index (χ4v) is 0.773. The predicted octanol–water partition coefficient (Wildman–Crippen LogP) is 1.85. The summed E-state index contributed by atoms with van der Waals surface area (Å²) in [5.74, 6) is 0.134. The molecule has 2 N–H and O–H groups in total. The second-order valence-electron chi connectivity index (χ2n) is 2.97. The van der Waals surface area contributed by atoms with Gasteiger partial charge >= 0.3 is 6.18 Å². The van der Waals surface area contributed by atoms with Crippen LogP contribution in [0, 0.1) is 0 Å². The molecule has 0 unspecified atom stereocenters. The van der Waals surface area contributed by atoms with Crippen molar-refractivity contribution in [3.8, 4) is 0 Å². The van der Waals surface area contributed by atoms with Crippen LogP contribution in [0.3, 0.4) is 0 Å². The lowest BCUT2D eigenvalue weighted by molar-refractivity contribution is -0.132. The van der Waals surface area contributed by atoms with Crippen LogP contribution in [0.15, 0.2) is 4.99 Å². The van der Waals surface area contributed by atoms with Gasteiger partial charge in [0.15, 0.2) is 0 Å². The summed E-state index contributed by atoms with van der Waals surface area (Å²) in [6, 6.07) is 0.207. The lowest BCUT2D eigenvalue weighted by Gasteiger charge is -2.04. The van der Waals surface area contributed by atoms with Crippen LogP contribution in [0.4, 0.5) is 13.2 Å². The van der Waals surface area contributed by atoms with Gasteiger partial charge in [-0.2, -0.15) is 13.2 Å². The standard InChI is InChI=1S/C7H11F3N2/c8-7(9,10)4-3-6(11)12-5-1-2-5/h5H,1-4H2,(H2,11,12). The first-order chi connectivity index (χ1) is 5.47. The monoisotopic (exact) mass is 180 g/mol. The summed E-state index contributed by atoms with van der Waals surface area (Å²) in [5, 5.41) is 0. The van der Waals surface area contributed by atoms with Crippen molar-refractivity contribution in [1.82, 2.24) is 0 Å². The molecule has 0 aromatic carbocycles. The minimum absolute atomic E-state index is 0.134. The number of hydrogen-bond donors (Lipinski definition) is 1. The third kappa shape index (κ3) is 4.20. The van der Waals surface area contributed by atoms with Gasteiger partial charge in [-0.05, 0) is 12.8 Å². The molecule has 0 bridgehead atoms. The third-order valence-corrected chi connectivity index (χ3v) is 1.56. The van der Waals surface area contributed by atoms with Gasteiger partial charge in [-0.25, -0.2) is 0 Å². The van der Waals surface area contributed by atoms with Gasteiger partial charge in [0.1, 0.15) is 0 Å². The average Bonchev–Trinajstić information content (AvgIpc) is 2.66. The number of amidine groups is 1. The number of hydrogen-bond acceptors (Lipinski definition) is 1. The molecule has 0 heterocycles. The molecule has 5 heteroatoms. The van der Waals surface area contributed by atoms with Crippen LogP contribution in [-0.2, 0) is 0 Å². The highest BCUT2D eigenvalue weighted by molar-refractivity contribution is 5.80. The maximum absolute atomic E-state index is 11.7. The van der Waals surface area contributed by atoms with Crippen molar-refractivity contribution in [3.63, 3.8) is 0 Å². The summed E-state index contributed by atoms with van der Waals surface area (Å²) in [4.78, 5) is 3.89. The van der Waals surface area contributed by atoms with Crippen molar-refractivity contribution < 1.29 is 13.2 Å². The molecule has 1 aliphatic rings. The molecule has 0 spiro atoms. The Bertz CT molecular complexity index is 182. The van der Waals surface area contributed by atoms with Crippen molar-refractivity contribution in [2.45, 2.75) is 37.9 Å². The molecule has 0 radical (unpaired) electrons. The van der Waals surface area contributed by atoms with E-state index in [1.165, 1.54) is 0 Å². The Balaban J connectivity index is 2.21. The highest BCUT2D eigenvalue weighted by Crippen LogP contribution is 2.25. The van der Waals surface area contributed by atoms with Crippen LogP contribution in [-0.4, -0.2) is 18.1 Å². The zero-order chi connectivity index (χ0) is 9.19. The largest absolute Gasteiger partial charge is 0.389 e. The lowest BCUT2D eigenvalue weighted by atomic mass is 10.3. The summed E-state index contributed by atoms with van der Waals surface area (Å²) in [6.07, 6.45) is -3.22. The number of rotatable bonds is 3. The summed E-state index contributed by atoms with van der Waals surface area (Å²) < 4.78 is 35.0. The Morgan fingerprint density at radius 1 is 1.42 bits per heavy atom. The topological polar surface area (TPSA) is 38.4 Å². The molecule has 2 nitrogen and oxygen atoms in total. The second kappa shape index (κ2) is 3.33. The Morgan fingerprint density at radius 2 is 2.00 bits per heavy atom. The summed E-state index contributed by atoms with van der Waals surface area (Å²) in [6.45, 7) is 0. The molecule has 70 valence electrons. The average molecular weight is 180 g/mol. The first kappa shape index (κ1) is 9.35. The van der Waals surface area contributed by atoms with Gasteiger partial charge in [0, 0.05) is 6.42 Å². The molecule has 0 aliphatic heterocycles. The smallest absolute Gasteiger partial charge is 0.387 e. The number of nitrogens with two attached hydrogens (primary N) is 1. The Hall–Kier alpha value is -0.740. The lowest BCUT2D eigenvalue weighted by Crippen LogP contribution is -2.17. The normalized spacial score (nSPS) is 19.8. The van der Waals surface area contributed by atoms with Crippen molar-refractivity contribution in [2.24, 2.45) is 10.7 Å². The van der Waals surface area contributed by atoms with Gasteiger partial charge < -0.3 is 5.73 Å². The van der Waals surface area contributed by atoms with E-state index < -0.39 is 12.6 Å². The third-order valence-electron chi connectivity index (χ3n) is 1.56. The van der Waals surface area contributed by atoms with Crippen molar-refractivity contribution in [1.29, 1.82) is 0 Å². The van der Waals surface area contributed by atoms with Gasteiger partial charge in [0.05, 0.1) is 18.3 Å². The predicted molar refractivity (Wildman–Crippen MR) is 39.9 cm³/mol. The minimum atomic E-state index is -4.12. The maximum atomic E-state index is 11.7. The van der Waals surface area contributed by atoms with E-state index in [1.54, 1.807) is 0 Å². The number of aliphatic imine (C=N–C) groups is 1. The SMILES string of the molecule is NC(CCC(F)(F)F)=NC1CC1. The molecule has 0 saturated heterocycles. The zero-order valence-electron chi connectivity index (χ0n) is 6.56. The van der Waals surface area contributed by atoms with Crippen LogP contribution in [0.25, 0.3) is 0 Å². The highest BCUT2D eigenvalue weighted by Gasteiger charge is 2.27. The van der Waals surface area contributed by atoms with Gasteiger partial charge in [-0.15, -0.1) is 0 Å². The van der Waals surface area contributed by atoms with E-state index in [0.29, 0.717) is 0 Å². The van der Waals surface area contributed by atoms with E-state index in [9.17, 15) is 13.2 Å². The van der Waals surface area contributed by atoms with Crippen LogP contribution >= 0.6 is 0 Å². The van der Waals surface area contributed by atoms with E-state index in [0.717, 1.165) is 12.8 Å².